The molecule has 18 heavy (non-hydrogen) atoms. The number of benzene rings is 1. The molecule has 0 bridgehead atoms. The maximum Gasteiger partial charge on any atom is 0.0717 e. The van der Waals surface area contributed by atoms with Crippen LogP contribution in [0, 0.1) is 5.92 Å². The quantitative estimate of drug-likeness (QED) is 0.762. The molecule has 0 saturated heterocycles. The van der Waals surface area contributed by atoms with Crippen molar-refractivity contribution in [3.05, 3.63) is 35.4 Å². The summed E-state index contributed by atoms with van der Waals surface area (Å²) in [6, 6.07) is 9.64. The highest BCUT2D eigenvalue weighted by Crippen LogP contribution is 2.18. The molecule has 1 aliphatic rings. The van der Waals surface area contributed by atoms with Gasteiger partial charge in [-0.1, -0.05) is 38.1 Å². The molecule has 2 rings (SSSR count). The van der Waals surface area contributed by atoms with E-state index >= 15 is 0 Å². The van der Waals surface area contributed by atoms with Gasteiger partial charge in [-0.05, 0) is 42.9 Å². The molecular formula is C16H25NO. The summed E-state index contributed by atoms with van der Waals surface area (Å²) in [7, 11) is 0. The molecule has 1 N–H and O–H groups in total. The standard InChI is InChI=1S/C16H25NO/c1-13(2)11-18-12-15-5-3-14(4-6-15)9-10-17-16-7-8-16/h3-6,13,16-17H,7-12H2,1-2H3. The van der Waals surface area contributed by atoms with Gasteiger partial charge in [0.1, 0.15) is 0 Å². The Hall–Kier alpha value is -0.860. The first-order valence-electron chi connectivity index (χ1n) is 7.13. The Morgan fingerprint density at radius 1 is 1.17 bits per heavy atom. The van der Waals surface area contributed by atoms with Crippen LogP contribution in [0.25, 0.3) is 0 Å². The minimum atomic E-state index is 0.609. The fraction of sp³-hybridized carbons (Fsp3) is 0.625. The van der Waals surface area contributed by atoms with E-state index in [1.54, 1.807) is 0 Å². The van der Waals surface area contributed by atoms with Crippen LogP contribution in [-0.4, -0.2) is 19.2 Å². The maximum absolute atomic E-state index is 5.63. The second-order valence-corrected chi connectivity index (χ2v) is 5.70. The minimum absolute atomic E-state index is 0.609. The normalized spacial score (nSPS) is 15.3. The van der Waals surface area contributed by atoms with E-state index in [0.29, 0.717) is 5.92 Å². The van der Waals surface area contributed by atoms with Gasteiger partial charge in [0, 0.05) is 12.6 Å². The molecule has 1 aliphatic carbocycles. The molecule has 1 aromatic carbocycles. The van der Waals surface area contributed by atoms with Gasteiger partial charge in [0.2, 0.25) is 0 Å². The fourth-order valence-corrected chi connectivity index (χ4v) is 1.92. The minimum Gasteiger partial charge on any atom is -0.377 e. The molecule has 0 amide bonds. The zero-order chi connectivity index (χ0) is 12.8. The van der Waals surface area contributed by atoms with Crippen molar-refractivity contribution in [3.63, 3.8) is 0 Å². The van der Waals surface area contributed by atoms with Crippen molar-refractivity contribution >= 4 is 0 Å². The van der Waals surface area contributed by atoms with Gasteiger partial charge >= 0.3 is 0 Å². The van der Waals surface area contributed by atoms with Crippen LogP contribution in [0.5, 0.6) is 0 Å². The van der Waals surface area contributed by atoms with Crippen LogP contribution in [0.1, 0.15) is 37.8 Å². The Morgan fingerprint density at radius 2 is 1.83 bits per heavy atom. The van der Waals surface area contributed by atoms with Gasteiger partial charge in [-0.2, -0.15) is 0 Å². The third-order valence-corrected chi connectivity index (χ3v) is 3.17. The average Bonchev–Trinajstić information content (AvgIpc) is 3.15. The Balaban J connectivity index is 1.67. The van der Waals surface area contributed by atoms with Crippen molar-refractivity contribution in [2.75, 3.05) is 13.2 Å². The fourth-order valence-electron chi connectivity index (χ4n) is 1.92. The molecule has 1 fully saturated rings. The van der Waals surface area contributed by atoms with Gasteiger partial charge in [-0.15, -0.1) is 0 Å². The van der Waals surface area contributed by atoms with E-state index in [1.165, 1.54) is 24.0 Å². The van der Waals surface area contributed by atoms with E-state index in [2.05, 4.69) is 43.4 Å². The lowest BCUT2D eigenvalue weighted by Gasteiger charge is -2.08. The molecule has 0 spiro atoms. The molecule has 1 saturated carbocycles. The van der Waals surface area contributed by atoms with Crippen LogP contribution in [0.3, 0.4) is 0 Å². The van der Waals surface area contributed by atoms with Crippen LogP contribution in [0.15, 0.2) is 24.3 Å². The Kier molecular flexibility index (Phi) is 5.21. The van der Waals surface area contributed by atoms with Crippen molar-refractivity contribution in [1.29, 1.82) is 0 Å². The molecule has 0 unspecified atom stereocenters. The maximum atomic E-state index is 5.63. The summed E-state index contributed by atoms with van der Waals surface area (Å²) in [6.07, 6.45) is 3.86. The van der Waals surface area contributed by atoms with Crippen LogP contribution in [0.4, 0.5) is 0 Å². The van der Waals surface area contributed by atoms with Crippen molar-refractivity contribution in [1.82, 2.24) is 5.32 Å². The third-order valence-electron chi connectivity index (χ3n) is 3.17. The predicted octanol–water partition coefficient (Wildman–Crippen LogP) is 3.15. The van der Waals surface area contributed by atoms with Gasteiger partial charge in [-0.25, -0.2) is 0 Å². The number of hydrogen-bond acceptors (Lipinski definition) is 2. The lowest BCUT2D eigenvalue weighted by molar-refractivity contribution is 0.0971. The SMILES string of the molecule is CC(C)COCc1ccc(CCNC2CC2)cc1. The summed E-state index contributed by atoms with van der Waals surface area (Å²) in [4.78, 5) is 0. The van der Waals surface area contributed by atoms with E-state index < -0.39 is 0 Å². The number of nitrogens with one attached hydrogen (secondary N) is 1. The van der Waals surface area contributed by atoms with E-state index in [-0.39, 0.29) is 0 Å². The molecule has 2 heteroatoms. The number of ether oxygens (including phenoxy) is 1. The lowest BCUT2D eigenvalue weighted by atomic mass is 10.1. The summed E-state index contributed by atoms with van der Waals surface area (Å²) in [5.41, 5.74) is 2.69. The highest BCUT2D eigenvalue weighted by atomic mass is 16.5. The molecule has 0 radical (unpaired) electrons. The topological polar surface area (TPSA) is 21.3 Å². The Morgan fingerprint density at radius 3 is 2.44 bits per heavy atom. The summed E-state index contributed by atoms with van der Waals surface area (Å²) in [5.74, 6) is 0.609. The third kappa shape index (κ3) is 5.19. The number of hydrogen-bond donors (Lipinski definition) is 1. The lowest BCUT2D eigenvalue weighted by Crippen LogP contribution is -2.19. The van der Waals surface area contributed by atoms with Crippen LogP contribution < -0.4 is 5.32 Å². The van der Waals surface area contributed by atoms with E-state index in [4.69, 9.17) is 4.74 Å². The monoisotopic (exact) mass is 247 g/mol. The van der Waals surface area contributed by atoms with E-state index in [9.17, 15) is 0 Å². The van der Waals surface area contributed by atoms with Gasteiger partial charge in [0.05, 0.1) is 6.61 Å². The van der Waals surface area contributed by atoms with Gasteiger partial charge in [-0.3, -0.25) is 0 Å². The van der Waals surface area contributed by atoms with Crippen molar-refractivity contribution in [2.45, 2.75) is 45.8 Å². The molecule has 0 aliphatic heterocycles. The van der Waals surface area contributed by atoms with Gasteiger partial charge in [0.15, 0.2) is 0 Å². The van der Waals surface area contributed by atoms with Crippen LogP contribution >= 0.6 is 0 Å². The summed E-state index contributed by atoms with van der Waals surface area (Å²) >= 11 is 0. The molecule has 0 aromatic heterocycles. The summed E-state index contributed by atoms with van der Waals surface area (Å²) in [5, 5.41) is 3.54. The van der Waals surface area contributed by atoms with E-state index in [1.807, 2.05) is 0 Å². The molecule has 0 heterocycles. The molecule has 100 valence electrons. The molecular weight excluding hydrogens is 222 g/mol. The smallest absolute Gasteiger partial charge is 0.0717 e. The molecule has 2 nitrogen and oxygen atoms in total. The zero-order valence-corrected chi connectivity index (χ0v) is 11.6. The predicted molar refractivity (Wildman–Crippen MR) is 75.7 cm³/mol. The highest BCUT2D eigenvalue weighted by Gasteiger charge is 2.19. The van der Waals surface area contributed by atoms with Gasteiger partial charge in [0.25, 0.3) is 0 Å². The second kappa shape index (κ2) is 6.91. The first-order chi connectivity index (χ1) is 8.74. The van der Waals surface area contributed by atoms with Crippen molar-refractivity contribution in [3.8, 4) is 0 Å². The largest absolute Gasteiger partial charge is 0.377 e. The zero-order valence-electron chi connectivity index (χ0n) is 11.6. The molecule has 1 aromatic rings. The van der Waals surface area contributed by atoms with Crippen LogP contribution in [-0.2, 0) is 17.8 Å². The van der Waals surface area contributed by atoms with Crippen molar-refractivity contribution in [2.24, 2.45) is 5.92 Å². The summed E-state index contributed by atoms with van der Waals surface area (Å²) in [6.45, 7) is 7.03. The first kappa shape index (κ1) is 13.6. The van der Waals surface area contributed by atoms with E-state index in [0.717, 1.165) is 32.2 Å². The average molecular weight is 247 g/mol. The highest BCUT2D eigenvalue weighted by molar-refractivity contribution is 5.22. The Bertz CT molecular complexity index is 314. The number of rotatable bonds is 8. The van der Waals surface area contributed by atoms with Crippen LogP contribution in [0.2, 0.25) is 0 Å². The first-order valence-corrected chi connectivity index (χ1v) is 7.13. The Labute approximate surface area is 111 Å². The second-order valence-electron chi connectivity index (χ2n) is 5.70. The molecule has 0 atom stereocenters. The van der Waals surface area contributed by atoms with Gasteiger partial charge < -0.3 is 10.1 Å². The van der Waals surface area contributed by atoms with Crippen molar-refractivity contribution < 1.29 is 4.74 Å². The summed E-state index contributed by atoms with van der Waals surface area (Å²) < 4.78 is 5.63.